The molecule has 0 saturated carbocycles. The van der Waals surface area contributed by atoms with Gasteiger partial charge in [-0.3, -0.25) is 4.90 Å². The molecule has 0 aliphatic carbocycles. The van der Waals surface area contributed by atoms with Crippen LogP contribution in [-0.4, -0.2) is 34.7 Å². The van der Waals surface area contributed by atoms with Gasteiger partial charge in [-0.2, -0.15) is 0 Å². The quantitative estimate of drug-likeness (QED) is 0.492. The monoisotopic (exact) mass is 439 g/mol. The fraction of sp³-hybridized carbons (Fsp3) is 0.241. The summed E-state index contributed by atoms with van der Waals surface area (Å²) in [6.07, 6.45) is 6.76. The number of fused-ring (bicyclic) bond motifs is 1. The summed E-state index contributed by atoms with van der Waals surface area (Å²) in [6.45, 7) is 5.47. The van der Waals surface area contributed by atoms with Crippen LogP contribution in [-0.2, 0) is 0 Å². The number of rotatable bonds is 5. The van der Waals surface area contributed by atoms with Gasteiger partial charge in [0.25, 0.3) is 0 Å². The van der Waals surface area contributed by atoms with Gasteiger partial charge in [0.05, 0.1) is 0 Å². The molecule has 2 aliphatic heterocycles. The minimum atomic E-state index is -0.283. The highest BCUT2D eigenvalue weighted by molar-refractivity contribution is 5.95. The Morgan fingerprint density at radius 1 is 0.909 bits per heavy atom. The highest BCUT2D eigenvalue weighted by Crippen LogP contribution is 2.47. The van der Waals surface area contributed by atoms with E-state index < -0.39 is 0 Å². The highest BCUT2D eigenvalue weighted by Gasteiger charge is 2.29. The summed E-state index contributed by atoms with van der Waals surface area (Å²) in [5, 5.41) is 19.8. The summed E-state index contributed by atoms with van der Waals surface area (Å²) >= 11 is 0. The zero-order valence-corrected chi connectivity index (χ0v) is 18.9. The van der Waals surface area contributed by atoms with Gasteiger partial charge in [-0.25, -0.2) is 0 Å². The molecule has 2 N–H and O–H groups in total. The number of likely N-dealkylation sites (tertiary alicyclic amines) is 1. The average Bonchev–Trinajstić information content (AvgIpc) is 3.34. The number of nitrogens with zero attached hydrogens (tertiary/aromatic N) is 1. The van der Waals surface area contributed by atoms with Gasteiger partial charge >= 0.3 is 0 Å². The molecule has 4 nitrogen and oxygen atoms in total. The van der Waals surface area contributed by atoms with E-state index in [2.05, 4.69) is 48.2 Å². The second-order valence-corrected chi connectivity index (χ2v) is 8.84. The number of phenols is 2. The lowest BCUT2D eigenvalue weighted by atomic mass is 9.86. The van der Waals surface area contributed by atoms with Crippen molar-refractivity contribution in [1.82, 2.24) is 4.90 Å². The van der Waals surface area contributed by atoms with E-state index in [4.69, 9.17) is 4.74 Å². The van der Waals surface area contributed by atoms with Gasteiger partial charge < -0.3 is 14.9 Å². The Morgan fingerprint density at radius 3 is 2.33 bits per heavy atom. The van der Waals surface area contributed by atoms with Crippen LogP contribution < -0.4 is 4.74 Å². The van der Waals surface area contributed by atoms with Gasteiger partial charge in [0.2, 0.25) is 0 Å². The second kappa shape index (κ2) is 9.16. The molecule has 3 aromatic rings. The Kier molecular flexibility index (Phi) is 5.93. The Labute approximate surface area is 195 Å². The van der Waals surface area contributed by atoms with Crippen molar-refractivity contribution in [2.45, 2.75) is 25.9 Å². The number of hydrogen-bond acceptors (Lipinski definition) is 4. The van der Waals surface area contributed by atoms with Crippen LogP contribution in [0.15, 0.2) is 72.8 Å². The number of aromatic hydroxyl groups is 2. The van der Waals surface area contributed by atoms with Crippen molar-refractivity contribution in [3.05, 3.63) is 95.1 Å². The Hall–Kier alpha value is -3.50. The molecule has 3 aromatic carbocycles. The lowest BCUT2D eigenvalue weighted by Crippen LogP contribution is -2.18. The van der Waals surface area contributed by atoms with Crippen LogP contribution in [0.1, 0.15) is 48.1 Å². The van der Waals surface area contributed by atoms with Gasteiger partial charge in [0.15, 0.2) is 0 Å². The summed E-state index contributed by atoms with van der Waals surface area (Å²) in [5.74, 6) is 1.20. The standard InChI is InChI=1S/C29H29NO3/c1-20-26-19-25(32)14-15-27(26)33-29(28(20)22-10-12-24(31)13-11-22)23-8-6-21(7-9-23)5-4-18-30-16-2-3-17-30/h4-15,19,29,31-32H,2-3,16-18H2,1H3/b5-4+. The molecule has 0 radical (unpaired) electrons. The molecular weight excluding hydrogens is 410 g/mol. The van der Waals surface area contributed by atoms with E-state index in [1.54, 1.807) is 24.3 Å². The van der Waals surface area contributed by atoms with E-state index in [-0.39, 0.29) is 17.6 Å². The molecule has 1 saturated heterocycles. The first-order valence-electron chi connectivity index (χ1n) is 11.6. The van der Waals surface area contributed by atoms with E-state index >= 15 is 0 Å². The fourth-order valence-electron chi connectivity index (χ4n) is 4.77. The molecule has 0 bridgehead atoms. The third-order valence-corrected chi connectivity index (χ3v) is 6.57. The second-order valence-electron chi connectivity index (χ2n) is 8.84. The van der Waals surface area contributed by atoms with Crippen LogP contribution in [0.3, 0.4) is 0 Å². The maximum atomic E-state index is 10.0. The first-order chi connectivity index (χ1) is 16.1. The Bertz CT molecular complexity index is 1190. The molecule has 5 rings (SSSR count). The predicted octanol–water partition coefficient (Wildman–Crippen LogP) is 6.27. The third kappa shape index (κ3) is 4.53. The van der Waals surface area contributed by atoms with Crippen LogP contribution in [0.4, 0.5) is 0 Å². The molecule has 4 heteroatoms. The van der Waals surface area contributed by atoms with E-state index in [0.717, 1.165) is 40.1 Å². The van der Waals surface area contributed by atoms with Crippen molar-refractivity contribution >= 4 is 17.2 Å². The van der Waals surface area contributed by atoms with Crippen molar-refractivity contribution in [2.24, 2.45) is 0 Å². The molecule has 1 fully saturated rings. The van der Waals surface area contributed by atoms with Gasteiger partial charge in [-0.1, -0.05) is 48.6 Å². The van der Waals surface area contributed by atoms with E-state index in [1.807, 2.05) is 18.2 Å². The minimum Gasteiger partial charge on any atom is -0.508 e. The summed E-state index contributed by atoms with van der Waals surface area (Å²) in [5.41, 5.74) is 6.19. The normalized spacial score (nSPS) is 18.5. The van der Waals surface area contributed by atoms with Gasteiger partial charge in [-0.05, 0) is 85.5 Å². The third-order valence-electron chi connectivity index (χ3n) is 6.57. The van der Waals surface area contributed by atoms with Crippen molar-refractivity contribution < 1.29 is 14.9 Å². The topological polar surface area (TPSA) is 52.9 Å². The lowest BCUT2D eigenvalue weighted by Gasteiger charge is -2.31. The summed E-state index contributed by atoms with van der Waals surface area (Å²) < 4.78 is 6.47. The average molecular weight is 440 g/mol. The van der Waals surface area contributed by atoms with Gasteiger partial charge in [-0.15, -0.1) is 0 Å². The predicted molar refractivity (Wildman–Crippen MR) is 133 cm³/mol. The summed E-state index contributed by atoms with van der Waals surface area (Å²) in [4.78, 5) is 2.48. The number of phenolic OH excluding ortho intramolecular Hbond substituents is 2. The number of ether oxygens (including phenoxy) is 1. The maximum Gasteiger partial charge on any atom is 0.150 e. The fourth-order valence-corrected chi connectivity index (χ4v) is 4.77. The van der Waals surface area contributed by atoms with Crippen molar-refractivity contribution in [3.8, 4) is 17.2 Å². The van der Waals surface area contributed by atoms with Crippen molar-refractivity contribution in [1.29, 1.82) is 0 Å². The van der Waals surface area contributed by atoms with Crippen LogP contribution in [0.2, 0.25) is 0 Å². The Balaban J connectivity index is 1.46. The molecule has 0 amide bonds. The van der Waals surface area contributed by atoms with Gasteiger partial charge in [0, 0.05) is 17.7 Å². The first kappa shape index (κ1) is 21.4. The lowest BCUT2D eigenvalue weighted by molar-refractivity contribution is 0.259. The molecule has 168 valence electrons. The molecule has 2 heterocycles. The van der Waals surface area contributed by atoms with Crippen molar-refractivity contribution in [3.63, 3.8) is 0 Å². The summed E-state index contributed by atoms with van der Waals surface area (Å²) in [6, 6.07) is 20.9. The number of allylic oxidation sites excluding steroid dienone is 1. The van der Waals surface area contributed by atoms with Crippen LogP contribution in [0, 0.1) is 0 Å². The van der Waals surface area contributed by atoms with Crippen LogP contribution in [0.5, 0.6) is 17.2 Å². The first-order valence-corrected chi connectivity index (χ1v) is 11.6. The van der Waals surface area contributed by atoms with E-state index in [0.29, 0.717) is 0 Å². The number of hydrogen-bond donors (Lipinski definition) is 2. The molecular formula is C29H29NO3. The van der Waals surface area contributed by atoms with Crippen LogP contribution >= 0.6 is 0 Å². The molecule has 1 atom stereocenters. The van der Waals surface area contributed by atoms with E-state index in [9.17, 15) is 10.2 Å². The van der Waals surface area contributed by atoms with Crippen LogP contribution in [0.25, 0.3) is 17.2 Å². The molecule has 2 aliphatic rings. The largest absolute Gasteiger partial charge is 0.508 e. The molecule has 0 spiro atoms. The zero-order valence-electron chi connectivity index (χ0n) is 18.9. The minimum absolute atomic E-state index is 0.213. The van der Waals surface area contributed by atoms with E-state index in [1.165, 1.54) is 31.5 Å². The number of benzene rings is 3. The Morgan fingerprint density at radius 2 is 1.61 bits per heavy atom. The van der Waals surface area contributed by atoms with Crippen molar-refractivity contribution in [2.75, 3.05) is 19.6 Å². The maximum absolute atomic E-state index is 10.0. The zero-order chi connectivity index (χ0) is 22.8. The SMILES string of the molecule is CC1=C(c2ccc(O)cc2)C(c2ccc(/C=C/CN3CCCC3)cc2)Oc2ccc(O)cc21. The molecule has 1 unspecified atom stereocenters. The highest BCUT2D eigenvalue weighted by atomic mass is 16.5. The molecule has 0 aromatic heterocycles. The smallest absolute Gasteiger partial charge is 0.150 e. The van der Waals surface area contributed by atoms with Gasteiger partial charge in [0.1, 0.15) is 23.4 Å². The summed E-state index contributed by atoms with van der Waals surface area (Å²) in [7, 11) is 0. The molecule has 33 heavy (non-hydrogen) atoms.